The molecule has 0 bridgehead atoms. The van der Waals surface area contributed by atoms with Crippen LogP contribution < -0.4 is 5.32 Å². The van der Waals surface area contributed by atoms with E-state index in [2.05, 4.69) is 5.32 Å². The molecule has 0 atom stereocenters. The molecule has 2 aromatic rings. The Hall–Kier alpha value is -2.30. The van der Waals surface area contributed by atoms with Gasteiger partial charge in [0.15, 0.2) is 0 Å². The van der Waals surface area contributed by atoms with Gasteiger partial charge < -0.3 is 5.32 Å². The average Bonchev–Trinajstić information content (AvgIpc) is 2.46. The number of amides is 1. The van der Waals surface area contributed by atoms with E-state index >= 15 is 0 Å². The van der Waals surface area contributed by atoms with Gasteiger partial charge in [0.25, 0.3) is 0 Å². The number of benzene rings is 2. The van der Waals surface area contributed by atoms with Gasteiger partial charge in [-0.3, -0.25) is 4.79 Å². The molecule has 5 heteroatoms. The molecule has 0 radical (unpaired) electrons. The maximum Gasteiger partial charge on any atom is 0.416 e. The van der Waals surface area contributed by atoms with Crippen LogP contribution in [-0.4, -0.2) is 5.91 Å². The zero-order valence-electron chi connectivity index (χ0n) is 14.1. The van der Waals surface area contributed by atoms with Gasteiger partial charge >= 0.3 is 6.18 Å². The highest BCUT2D eigenvalue weighted by Gasteiger charge is 2.32. The van der Waals surface area contributed by atoms with Crippen LogP contribution in [0.15, 0.2) is 42.5 Å². The molecule has 0 aliphatic heterocycles. The number of alkyl halides is 3. The summed E-state index contributed by atoms with van der Waals surface area (Å²) in [6, 6.07) is 10.8. The summed E-state index contributed by atoms with van der Waals surface area (Å²) in [5.41, 5.74) is 1.01. The number of halogens is 3. The quantitative estimate of drug-likeness (QED) is 0.753. The lowest BCUT2D eigenvalue weighted by atomic mass is 9.94. The molecule has 0 spiro atoms. The van der Waals surface area contributed by atoms with Gasteiger partial charge in [-0.25, -0.2) is 0 Å². The Morgan fingerprint density at radius 1 is 0.958 bits per heavy atom. The molecule has 0 aliphatic carbocycles. The van der Waals surface area contributed by atoms with E-state index in [4.69, 9.17) is 0 Å². The van der Waals surface area contributed by atoms with Crippen LogP contribution in [0.4, 0.5) is 18.9 Å². The first-order valence-electron chi connectivity index (χ1n) is 7.58. The van der Waals surface area contributed by atoms with E-state index in [9.17, 15) is 18.0 Å². The van der Waals surface area contributed by atoms with Gasteiger partial charge in [-0.05, 0) is 24.6 Å². The highest BCUT2D eigenvalue weighted by Crippen LogP contribution is 2.36. The summed E-state index contributed by atoms with van der Waals surface area (Å²) < 4.78 is 39.0. The standard InChI is InChI=1S/C19H20F3NO/c1-12-5-7-13(8-6-12)15-10-9-14(19(20,21)22)11-16(15)23-17(24)18(2,3)4/h5-11H,1-4H3,(H,23,24). The molecule has 0 aliphatic rings. The lowest BCUT2D eigenvalue weighted by Crippen LogP contribution is -2.28. The minimum Gasteiger partial charge on any atom is -0.325 e. The highest BCUT2D eigenvalue weighted by atomic mass is 19.4. The SMILES string of the molecule is Cc1ccc(-c2ccc(C(F)(F)F)cc2NC(=O)C(C)(C)C)cc1. The molecule has 0 unspecified atom stereocenters. The third-order valence-corrected chi connectivity index (χ3v) is 3.64. The van der Waals surface area contributed by atoms with Gasteiger partial charge in [-0.1, -0.05) is 56.7 Å². The third kappa shape index (κ3) is 4.16. The van der Waals surface area contributed by atoms with Crippen LogP contribution in [0, 0.1) is 12.3 Å². The molecule has 2 nitrogen and oxygen atoms in total. The lowest BCUT2D eigenvalue weighted by Gasteiger charge is -2.20. The van der Waals surface area contributed by atoms with Gasteiger partial charge in [0.2, 0.25) is 5.91 Å². The number of carbonyl (C=O) groups excluding carboxylic acids is 1. The van der Waals surface area contributed by atoms with E-state index in [1.165, 1.54) is 6.07 Å². The summed E-state index contributed by atoms with van der Waals surface area (Å²) in [6.07, 6.45) is -4.47. The number of anilines is 1. The summed E-state index contributed by atoms with van der Waals surface area (Å²) in [6.45, 7) is 7.06. The van der Waals surface area contributed by atoms with Crippen molar-refractivity contribution in [3.8, 4) is 11.1 Å². The average molecular weight is 335 g/mol. The number of aryl methyl sites for hydroxylation is 1. The second-order valence-corrected chi connectivity index (χ2v) is 6.83. The third-order valence-electron chi connectivity index (χ3n) is 3.64. The van der Waals surface area contributed by atoms with Crippen molar-refractivity contribution in [3.05, 3.63) is 53.6 Å². The van der Waals surface area contributed by atoms with Crippen molar-refractivity contribution in [3.63, 3.8) is 0 Å². The number of hydrogen-bond donors (Lipinski definition) is 1. The predicted molar refractivity (Wildman–Crippen MR) is 89.7 cm³/mol. The molecule has 2 aromatic carbocycles. The van der Waals surface area contributed by atoms with Crippen LogP contribution in [0.3, 0.4) is 0 Å². The van der Waals surface area contributed by atoms with Crippen LogP contribution in [-0.2, 0) is 11.0 Å². The summed E-state index contributed by atoms with van der Waals surface area (Å²) >= 11 is 0. The molecule has 1 N–H and O–H groups in total. The van der Waals surface area contributed by atoms with Crippen molar-refractivity contribution in [2.45, 2.75) is 33.9 Å². The van der Waals surface area contributed by atoms with E-state index < -0.39 is 17.2 Å². The molecule has 128 valence electrons. The van der Waals surface area contributed by atoms with E-state index in [1.807, 2.05) is 31.2 Å². The molecule has 24 heavy (non-hydrogen) atoms. The first-order chi connectivity index (χ1) is 11.0. The minimum absolute atomic E-state index is 0.161. The molecule has 0 fully saturated rings. The van der Waals surface area contributed by atoms with Crippen molar-refractivity contribution in [1.82, 2.24) is 0 Å². The fourth-order valence-electron chi connectivity index (χ4n) is 2.12. The number of hydrogen-bond acceptors (Lipinski definition) is 1. The zero-order chi connectivity index (χ0) is 18.1. The number of nitrogens with one attached hydrogen (secondary N) is 1. The zero-order valence-corrected chi connectivity index (χ0v) is 14.1. The Morgan fingerprint density at radius 2 is 1.54 bits per heavy atom. The van der Waals surface area contributed by atoms with E-state index in [0.29, 0.717) is 5.56 Å². The van der Waals surface area contributed by atoms with Gasteiger partial charge in [-0.2, -0.15) is 13.2 Å². The summed E-state index contributed by atoms with van der Waals surface area (Å²) in [5, 5.41) is 2.64. The van der Waals surface area contributed by atoms with Crippen molar-refractivity contribution < 1.29 is 18.0 Å². The van der Waals surface area contributed by atoms with Crippen LogP contribution in [0.2, 0.25) is 0 Å². The maximum absolute atomic E-state index is 13.0. The Labute approximate surface area is 139 Å². The van der Waals surface area contributed by atoms with Crippen molar-refractivity contribution in [2.75, 3.05) is 5.32 Å². The van der Waals surface area contributed by atoms with E-state index in [1.54, 1.807) is 20.8 Å². The van der Waals surface area contributed by atoms with Gasteiger partial charge in [0.05, 0.1) is 5.56 Å². The van der Waals surface area contributed by atoms with Crippen molar-refractivity contribution in [2.24, 2.45) is 5.41 Å². The van der Waals surface area contributed by atoms with E-state index in [0.717, 1.165) is 23.3 Å². The van der Waals surface area contributed by atoms with Gasteiger partial charge in [-0.15, -0.1) is 0 Å². The topological polar surface area (TPSA) is 29.1 Å². The molecule has 0 aromatic heterocycles. The maximum atomic E-state index is 13.0. The summed E-state index contributed by atoms with van der Waals surface area (Å²) in [4.78, 5) is 12.2. The Morgan fingerprint density at radius 3 is 2.04 bits per heavy atom. The fourth-order valence-corrected chi connectivity index (χ4v) is 2.12. The van der Waals surface area contributed by atoms with E-state index in [-0.39, 0.29) is 11.6 Å². The van der Waals surface area contributed by atoms with Crippen LogP contribution in [0.25, 0.3) is 11.1 Å². The molecular weight excluding hydrogens is 315 g/mol. The minimum atomic E-state index is -4.47. The van der Waals surface area contributed by atoms with Crippen molar-refractivity contribution in [1.29, 1.82) is 0 Å². The van der Waals surface area contributed by atoms with Gasteiger partial charge in [0.1, 0.15) is 0 Å². The van der Waals surface area contributed by atoms with Crippen LogP contribution in [0.1, 0.15) is 31.9 Å². The molecule has 0 heterocycles. The fraction of sp³-hybridized carbons (Fsp3) is 0.316. The Bertz CT molecular complexity index is 741. The smallest absolute Gasteiger partial charge is 0.325 e. The molecule has 0 saturated carbocycles. The summed E-state index contributed by atoms with van der Waals surface area (Å²) in [5.74, 6) is -0.338. The van der Waals surface area contributed by atoms with Crippen LogP contribution >= 0.6 is 0 Å². The number of rotatable bonds is 2. The number of carbonyl (C=O) groups is 1. The second kappa shape index (κ2) is 6.30. The molecular formula is C19H20F3NO. The normalized spacial score (nSPS) is 12.1. The van der Waals surface area contributed by atoms with Crippen molar-refractivity contribution >= 4 is 11.6 Å². The van der Waals surface area contributed by atoms with Crippen LogP contribution in [0.5, 0.6) is 0 Å². The molecule has 2 rings (SSSR count). The second-order valence-electron chi connectivity index (χ2n) is 6.83. The Kier molecular flexibility index (Phi) is 4.74. The first kappa shape index (κ1) is 18.0. The first-order valence-corrected chi connectivity index (χ1v) is 7.58. The predicted octanol–water partition coefficient (Wildman–Crippen LogP) is 5.67. The monoisotopic (exact) mass is 335 g/mol. The lowest BCUT2D eigenvalue weighted by molar-refractivity contribution is -0.137. The molecule has 0 saturated heterocycles. The van der Waals surface area contributed by atoms with Gasteiger partial charge in [0, 0.05) is 16.7 Å². The largest absolute Gasteiger partial charge is 0.416 e. The summed E-state index contributed by atoms with van der Waals surface area (Å²) in [7, 11) is 0. The highest BCUT2D eigenvalue weighted by molar-refractivity contribution is 5.98. The molecule has 1 amide bonds. The Balaban J connectivity index is 2.53.